The van der Waals surface area contributed by atoms with Crippen LogP contribution in [0.4, 0.5) is 0 Å². The Balaban J connectivity index is 1.40. The van der Waals surface area contributed by atoms with E-state index in [-0.39, 0.29) is 0 Å². The molecule has 1 aliphatic carbocycles. The molecule has 0 spiro atoms. The first-order valence-electron chi connectivity index (χ1n) is 10.4. The van der Waals surface area contributed by atoms with Gasteiger partial charge in [-0.05, 0) is 57.3 Å². The quantitative estimate of drug-likeness (QED) is 0.765. The SMILES string of the molecule is CCCCC1CCC(C(=O)N2CCC(Cn3ccnc3C)CC2)CC1. The fourth-order valence-electron chi connectivity index (χ4n) is 4.66. The Morgan fingerprint density at radius 2 is 1.84 bits per heavy atom. The van der Waals surface area contributed by atoms with Crippen molar-refractivity contribution in [1.82, 2.24) is 14.5 Å². The molecule has 2 heterocycles. The van der Waals surface area contributed by atoms with Crippen molar-refractivity contribution in [3.63, 3.8) is 0 Å². The summed E-state index contributed by atoms with van der Waals surface area (Å²) in [5.74, 6) is 3.42. The normalized spacial score (nSPS) is 25.3. The number of likely N-dealkylation sites (tertiary alicyclic amines) is 1. The Kier molecular flexibility index (Phi) is 6.55. The van der Waals surface area contributed by atoms with Crippen molar-refractivity contribution in [3.05, 3.63) is 18.2 Å². The molecular weight excluding hydrogens is 310 g/mol. The summed E-state index contributed by atoms with van der Waals surface area (Å²) in [6.07, 6.45) is 15.0. The molecule has 0 radical (unpaired) electrons. The second-order valence-corrected chi connectivity index (χ2v) is 8.26. The Hall–Kier alpha value is -1.32. The molecule has 2 aliphatic rings. The molecule has 0 bridgehead atoms. The lowest BCUT2D eigenvalue weighted by Crippen LogP contribution is -2.43. The number of amides is 1. The van der Waals surface area contributed by atoms with Crippen LogP contribution in [-0.2, 0) is 11.3 Å². The highest BCUT2D eigenvalue weighted by molar-refractivity contribution is 5.79. The summed E-state index contributed by atoms with van der Waals surface area (Å²) in [6, 6.07) is 0. The van der Waals surface area contributed by atoms with E-state index in [0.717, 1.165) is 57.1 Å². The van der Waals surface area contributed by atoms with Crippen LogP contribution in [0.3, 0.4) is 0 Å². The van der Waals surface area contributed by atoms with Gasteiger partial charge in [-0.15, -0.1) is 0 Å². The van der Waals surface area contributed by atoms with Crippen LogP contribution in [0.15, 0.2) is 12.4 Å². The van der Waals surface area contributed by atoms with Crippen molar-refractivity contribution in [2.45, 2.75) is 78.2 Å². The van der Waals surface area contributed by atoms with E-state index < -0.39 is 0 Å². The topological polar surface area (TPSA) is 38.1 Å². The van der Waals surface area contributed by atoms with Gasteiger partial charge in [-0.2, -0.15) is 0 Å². The molecule has 140 valence electrons. The zero-order chi connectivity index (χ0) is 17.6. The summed E-state index contributed by atoms with van der Waals surface area (Å²) in [4.78, 5) is 19.3. The van der Waals surface area contributed by atoms with E-state index in [9.17, 15) is 4.79 Å². The fraction of sp³-hybridized carbons (Fsp3) is 0.810. The van der Waals surface area contributed by atoms with E-state index in [1.165, 1.54) is 32.1 Å². The van der Waals surface area contributed by atoms with Crippen LogP contribution in [0.1, 0.15) is 70.5 Å². The minimum Gasteiger partial charge on any atom is -0.342 e. The Labute approximate surface area is 153 Å². The third-order valence-corrected chi connectivity index (χ3v) is 6.47. The summed E-state index contributed by atoms with van der Waals surface area (Å²) in [5.41, 5.74) is 0. The van der Waals surface area contributed by atoms with Crippen LogP contribution >= 0.6 is 0 Å². The summed E-state index contributed by atoms with van der Waals surface area (Å²) < 4.78 is 2.25. The monoisotopic (exact) mass is 345 g/mol. The molecule has 1 saturated carbocycles. The molecule has 0 unspecified atom stereocenters. The maximum atomic E-state index is 12.9. The highest BCUT2D eigenvalue weighted by Gasteiger charge is 2.31. The lowest BCUT2D eigenvalue weighted by atomic mass is 9.79. The number of piperidine rings is 1. The second-order valence-electron chi connectivity index (χ2n) is 8.26. The summed E-state index contributed by atoms with van der Waals surface area (Å²) >= 11 is 0. The Morgan fingerprint density at radius 3 is 2.44 bits per heavy atom. The van der Waals surface area contributed by atoms with Crippen LogP contribution in [0.25, 0.3) is 0 Å². The van der Waals surface area contributed by atoms with Gasteiger partial charge in [0.25, 0.3) is 0 Å². The van der Waals surface area contributed by atoms with Gasteiger partial charge in [-0.1, -0.05) is 26.2 Å². The standard InChI is InChI=1S/C21H35N3O/c1-3-4-5-18-6-8-20(9-7-18)21(25)23-13-10-19(11-14-23)16-24-15-12-22-17(24)2/h12,15,18-20H,3-11,13-14,16H2,1-2H3. The first-order chi connectivity index (χ1) is 12.2. The Bertz CT molecular complexity index is 537. The lowest BCUT2D eigenvalue weighted by Gasteiger charge is -2.36. The minimum absolute atomic E-state index is 0.310. The molecule has 1 aromatic heterocycles. The number of nitrogens with zero attached hydrogens (tertiary/aromatic N) is 3. The van der Waals surface area contributed by atoms with Crippen LogP contribution < -0.4 is 0 Å². The van der Waals surface area contributed by atoms with Gasteiger partial charge in [0.2, 0.25) is 5.91 Å². The molecule has 4 heteroatoms. The second kappa shape index (κ2) is 8.86. The zero-order valence-corrected chi connectivity index (χ0v) is 16.1. The number of carbonyl (C=O) groups excluding carboxylic acids is 1. The molecule has 2 fully saturated rings. The van der Waals surface area contributed by atoms with Crippen LogP contribution in [0.5, 0.6) is 0 Å². The molecule has 0 atom stereocenters. The molecule has 25 heavy (non-hydrogen) atoms. The van der Waals surface area contributed by atoms with Crippen LogP contribution in [0.2, 0.25) is 0 Å². The van der Waals surface area contributed by atoms with Gasteiger partial charge in [0.15, 0.2) is 0 Å². The number of carbonyl (C=O) groups is 1. The van der Waals surface area contributed by atoms with Crippen molar-refractivity contribution < 1.29 is 4.79 Å². The smallest absolute Gasteiger partial charge is 0.225 e. The fourth-order valence-corrected chi connectivity index (χ4v) is 4.66. The lowest BCUT2D eigenvalue weighted by molar-refractivity contribution is -0.138. The average Bonchev–Trinajstić information content (AvgIpc) is 3.05. The van der Waals surface area contributed by atoms with E-state index in [1.54, 1.807) is 0 Å². The largest absolute Gasteiger partial charge is 0.342 e. The van der Waals surface area contributed by atoms with Gasteiger partial charge in [0.05, 0.1) is 0 Å². The number of hydrogen-bond acceptors (Lipinski definition) is 2. The predicted octanol–water partition coefficient (Wildman–Crippen LogP) is 4.43. The van der Waals surface area contributed by atoms with Gasteiger partial charge < -0.3 is 9.47 Å². The number of hydrogen-bond donors (Lipinski definition) is 0. The number of unbranched alkanes of at least 4 members (excludes halogenated alkanes) is 1. The summed E-state index contributed by atoms with van der Waals surface area (Å²) in [6.45, 7) is 7.29. The third kappa shape index (κ3) is 4.86. The van der Waals surface area contributed by atoms with Crippen LogP contribution in [0, 0.1) is 24.7 Å². The number of rotatable bonds is 6. The maximum Gasteiger partial charge on any atom is 0.225 e. The number of aryl methyl sites for hydroxylation is 1. The highest BCUT2D eigenvalue weighted by Crippen LogP contribution is 2.33. The van der Waals surface area contributed by atoms with E-state index in [0.29, 0.717) is 17.7 Å². The van der Waals surface area contributed by atoms with Crippen molar-refractivity contribution in [1.29, 1.82) is 0 Å². The molecule has 0 N–H and O–H groups in total. The summed E-state index contributed by atoms with van der Waals surface area (Å²) in [5, 5.41) is 0. The van der Waals surface area contributed by atoms with E-state index in [2.05, 4.69) is 34.5 Å². The average molecular weight is 346 g/mol. The summed E-state index contributed by atoms with van der Waals surface area (Å²) in [7, 11) is 0. The van der Waals surface area contributed by atoms with Crippen molar-refractivity contribution in [2.24, 2.45) is 17.8 Å². The van der Waals surface area contributed by atoms with Crippen molar-refractivity contribution >= 4 is 5.91 Å². The van der Waals surface area contributed by atoms with Gasteiger partial charge >= 0.3 is 0 Å². The highest BCUT2D eigenvalue weighted by atomic mass is 16.2. The molecular formula is C21H35N3O. The Morgan fingerprint density at radius 1 is 1.12 bits per heavy atom. The molecule has 1 aromatic rings. The van der Waals surface area contributed by atoms with Gasteiger partial charge in [-0.25, -0.2) is 4.98 Å². The zero-order valence-electron chi connectivity index (χ0n) is 16.1. The van der Waals surface area contributed by atoms with Gasteiger partial charge in [0, 0.05) is 37.9 Å². The number of aromatic nitrogens is 2. The van der Waals surface area contributed by atoms with Gasteiger partial charge in [0.1, 0.15) is 5.82 Å². The third-order valence-electron chi connectivity index (χ3n) is 6.47. The van der Waals surface area contributed by atoms with E-state index in [4.69, 9.17) is 0 Å². The molecule has 1 amide bonds. The molecule has 0 aromatic carbocycles. The maximum absolute atomic E-state index is 12.9. The molecule has 4 nitrogen and oxygen atoms in total. The van der Waals surface area contributed by atoms with E-state index >= 15 is 0 Å². The molecule has 3 rings (SSSR count). The predicted molar refractivity (Wildman–Crippen MR) is 101 cm³/mol. The van der Waals surface area contributed by atoms with Crippen LogP contribution in [-0.4, -0.2) is 33.4 Å². The van der Waals surface area contributed by atoms with Crippen molar-refractivity contribution in [3.8, 4) is 0 Å². The van der Waals surface area contributed by atoms with E-state index in [1.807, 2.05) is 6.20 Å². The van der Waals surface area contributed by atoms with Gasteiger partial charge in [-0.3, -0.25) is 4.79 Å². The molecule has 1 saturated heterocycles. The minimum atomic E-state index is 0.310. The first kappa shape index (κ1) is 18.5. The number of imidazole rings is 1. The molecule has 1 aliphatic heterocycles. The first-order valence-corrected chi connectivity index (χ1v) is 10.4. The van der Waals surface area contributed by atoms with Crippen molar-refractivity contribution in [2.75, 3.05) is 13.1 Å².